The summed E-state index contributed by atoms with van der Waals surface area (Å²) in [6.07, 6.45) is 3.34. The first-order valence-electron chi connectivity index (χ1n) is 4.54. The van der Waals surface area contributed by atoms with Crippen molar-refractivity contribution >= 4 is 11.6 Å². The second-order valence-corrected chi connectivity index (χ2v) is 3.08. The Morgan fingerprint density at radius 3 is 2.27 bits per heavy atom. The Bertz CT molecular complexity index is 427. The van der Waals surface area contributed by atoms with Crippen molar-refractivity contribution in [2.24, 2.45) is 0 Å². The fourth-order valence-electron chi connectivity index (χ4n) is 1.24. The zero-order chi connectivity index (χ0) is 10.7. The molecule has 1 aromatic carbocycles. The summed E-state index contributed by atoms with van der Waals surface area (Å²) in [5.74, 6) is 0.338. The Balaban J connectivity index is 2.29. The smallest absolute Gasteiger partial charge is 0.229 e. The summed E-state index contributed by atoms with van der Waals surface area (Å²) in [6, 6.07) is 7.95. The first-order chi connectivity index (χ1) is 7.27. The molecule has 0 N–H and O–H groups in total. The third kappa shape index (κ3) is 2.10. The standard InChI is InChI=1S/C11H10FN3/c1-15(11-13-7-2-8-14-11)10-5-3-9(12)4-6-10/h2-8H,1H3. The molecule has 0 aliphatic heterocycles. The fourth-order valence-corrected chi connectivity index (χ4v) is 1.24. The van der Waals surface area contributed by atoms with E-state index in [4.69, 9.17) is 0 Å². The summed E-state index contributed by atoms with van der Waals surface area (Å²) < 4.78 is 12.7. The minimum atomic E-state index is -0.249. The van der Waals surface area contributed by atoms with Gasteiger partial charge < -0.3 is 4.90 Å². The van der Waals surface area contributed by atoms with E-state index in [1.54, 1.807) is 35.5 Å². The number of rotatable bonds is 2. The molecule has 1 aromatic heterocycles. The van der Waals surface area contributed by atoms with Crippen LogP contribution in [0.1, 0.15) is 0 Å². The summed E-state index contributed by atoms with van der Waals surface area (Å²) >= 11 is 0. The minimum absolute atomic E-state index is 0.249. The molecule has 15 heavy (non-hydrogen) atoms. The van der Waals surface area contributed by atoms with E-state index in [2.05, 4.69) is 9.97 Å². The van der Waals surface area contributed by atoms with Crippen molar-refractivity contribution < 1.29 is 4.39 Å². The summed E-state index contributed by atoms with van der Waals surface area (Å²) in [5.41, 5.74) is 0.850. The lowest BCUT2D eigenvalue weighted by Gasteiger charge is -2.16. The molecule has 0 amide bonds. The van der Waals surface area contributed by atoms with Crippen molar-refractivity contribution in [3.05, 3.63) is 48.5 Å². The fraction of sp³-hybridized carbons (Fsp3) is 0.0909. The number of halogens is 1. The maximum atomic E-state index is 12.7. The van der Waals surface area contributed by atoms with Gasteiger partial charge in [0, 0.05) is 25.1 Å². The molecule has 0 spiro atoms. The molecule has 76 valence electrons. The molecule has 0 fully saturated rings. The topological polar surface area (TPSA) is 29.0 Å². The van der Waals surface area contributed by atoms with Crippen LogP contribution in [0, 0.1) is 5.82 Å². The van der Waals surface area contributed by atoms with Crippen LogP contribution in [0.25, 0.3) is 0 Å². The van der Waals surface area contributed by atoms with Crippen LogP contribution in [0.4, 0.5) is 16.0 Å². The van der Waals surface area contributed by atoms with E-state index in [9.17, 15) is 4.39 Å². The van der Waals surface area contributed by atoms with E-state index >= 15 is 0 Å². The number of hydrogen-bond acceptors (Lipinski definition) is 3. The Kier molecular flexibility index (Phi) is 2.58. The average Bonchev–Trinajstić information content (AvgIpc) is 2.30. The van der Waals surface area contributed by atoms with Gasteiger partial charge in [0.1, 0.15) is 5.82 Å². The van der Waals surface area contributed by atoms with Crippen molar-refractivity contribution in [3.63, 3.8) is 0 Å². The number of nitrogens with zero attached hydrogens (tertiary/aromatic N) is 3. The molecule has 3 nitrogen and oxygen atoms in total. The zero-order valence-corrected chi connectivity index (χ0v) is 8.26. The second kappa shape index (κ2) is 4.04. The van der Waals surface area contributed by atoms with Gasteiger partial charge in [-0.1, -0.05) is 0 Å². The molecule has 0 aliphatic rings. The highest BCUT2D eigenvalue weighted by Gasteiger charge is 2.05. The Morgan fingerprint density at radius 2 is 1.67 bits per heavy atom. The molecule has 0 atom stereocenters. The maximum absolute atomic E-state index is 12.7. The van der Waals surface area contributed by atoms with E-state index in [0.717, 1.165) is 5.69 Å². The van der Waals surface area contributed by atoms with Gasteiger partial charge in [0.25, 0.3) is 0 Å². The second-order valence-electron chi connectivity index (χ2n) is 3.08. The molecule has 0 saturated heterocycles. The summed E-state index contributed by atoms with van der Waals surface area (Å²) in [7, 11) is 1.84. The van der Waals surface area contributed by atoms with Crippen LogP contribution in [0.2, 0.25) is 0 Å². The van der Waals surface area contributed by atoms with E-state index in [-0.39, 0.29) is 5.82 Å². The summed E-state index contributed by atoms with van der Waals surface area (Å²) in [6.45, 7) is 0. The lowest BCUT2D eigenvalue weighted by atomic mass is 10.3. The van der Waals surface area contributed by atoms with Gasteiger partial charge in [-0.25, -0.2) is 14.4 Å². The molecule has 0 radical (unpaired) electrons. The Labute approximate surface area is 87.2 Å². The summed E-state index contributed by atoms with van der Waals surface area (Å²) in [4.78, 5) is 9.99. The van der Waals surface area contributed by atoms with Gasteiger partial charge in [-0.15, -0.1) is 0 Å². The Morgan fingerprint density at radius 1 is 1.07 bits per heavy atom. The van der Waals surface area contributed by atoms with Crippen LogP contribution < -0.4 is 4.90 Å². The van der Waals surface area contributed by atoms with Crippen LogP contribution in [0.3, 0.4) is 0 Å². The van der Waals surface area contributed by atoms with Gasteiger partial charge in [-0.2, -0.15) is 0 Å². The lowest BCUT2D eigenvalue weighted by molar-refractivity contribution is 0.628. The van der Waals surface area contributed by atoms with Crippen LogP contribution in [-0.4, -0.2) is 17.0 Å². The average molecular weight is 203 g/mol. The van der Waals surface area contributed by atoms with E-state index in [1.165, 1.54) is 12.1 Å². The third-order valence-corrected chi connectivity index (χ3v) is 2.07. The largest absolute Gasteiger partial charge is 0.314 e. The number of anilines is 2. The predicted octanol–water partition coefficient (Wildman–Crippen LogP) is 2.38. The number of benzene rings is 1. The van der Waals surface area contributed by atoms with Crippen molar-refractivity contribution in [2.75, 3.05) is 11.9 Å². The third-order valence-electron chi connectivity index (χ3n) is 2.07. The zero-order valence-electron chi connectivity index (χ0n) is 8.26. The van der Waals surface area contributed by atoms with Gasteiger partial charge in [0.05, 0.1) is 0 Å². The monoisotopic (exact) mass is 203 g/mol. The maximum Gasteiger partial charge on any atom is 0.229 e. The van der Waals surface area contributed by atoms with Gasteiger partial charge in [-0.05, 0) is 30.3 Å². The minimum Gasteiger partial charge on any atom is -0.314 e. The molecule has 0 saturated carbocycles. The van der Waals surface area contributed by atoms with E-state index < -0.39 is 0 Å². The quantitative estimate of drug-likeness (QED) is 0.750. The van der Waals surface area contributed by atoms with Crippen molar-refractivity contribution in [3.8, 4) is 0 Å². The highest BCUT2D eigenvalue weighted by atomic mass is 19.1. The summed E-state index contributed by atoms with van der Waals surface area (Å²) in [5, 5.41) is 0. The molecular formula is C11H10FN3. The van der Waals surface area contributed by atoms with Gasteiger partial charge in [0.15, 0.2) is 0 Å². The van der Waals surface area contributed by atoms with Crippen LogP contribution >= 0.6 is 0 Å². The lowest BCUT2D eigenvalue weighted by Crippen LogP contribution is -2.12. The van der Waals surface area contributed by atoms with Crippen molar-refractivity contribution in [2.45, 2.75) is 0 Å². The van der Waals surface area contributed by atoms with Gasteiger partial charge >= 0.3 is 0 Å². The molecule has 0 aliphatic carbocycles. The van der Waals surface area contributed by atoms with Crippen LogP contribution in [-0.2, 0) is 0 Å². The molecule has 2 aromatic rings. The SMILES string of the molecule is CN(c1ccc(F)cc1)c1ncccn1. The highest BCUT2D eigenvalue weighted by molar-refractivity contribution is 5.55. The van der Waals surface area contributed by atoms with E-state index in [1.807, 2.05) is 7.05 Å². The van der Waals surface area contributed by atoms with Crippen LogP contribution in [0.5, 0.6) is 0 Å². The van der Waals surface area contributed by atoms with Gasteiger partial charge in [0.2, 0.25) is 5.95 Å². The van der Waals surface area contributed by atoms with Gasteiger partial charge in [-0.3, -0.25) is 0 Å². The van der Waals surface area contributed by atoms with Crippen LogP contribution in [0.15, 0.2) is 42.7 Å². The number of hydrogen-bond donors (Lipinski definition) is 0. The van der Waals surface area contributed by atoms with E-state index in [0.29, 0.717) is 5.95 Å². The van der Waals surface area contributed by atoms with Crippen molar-refractivity contribution in [1.29, 1.82) is 0 Å². The molecule has 4 heteroatoms. The van der Waals surface area contributed by atoms with Crippen molar-refractivity contribution in [1.82, 2.24) is 9.97 Å². The molecule has 2 rings (SSSR count). The molecule has 0 bridgehead atoms. The number of aromatic nitrogens is 2. The molecular weight excluding hydrogens is 193 g/mol. The normalized spacial score (nSPS) is 10.0. The molecule has 1 heterocycles. The first-order valence-corrected chi connectivity index (χ1v) is 4.54. The molecule has 0 unspecified atom stereocenters. The predicted molar refractivity (Wildman–Crippen MR) is 56.5 cm³/mol. The first kappa shape index (κ1) is 9.58. The highest BCUT2D eigenvalue weighted by Crippen LogP contribution is 2.18. The Hall–Kier alpha value is -1.97.